The van der Waals surface area contributed by atoms with Gasteiger partial charge >= 0.3 is 0 Å². The Kier molecular flexibility index (Phi) is 6.14. The molecule has 0 aliphatic heterocycles. The summed E-state index contributed by atoms with van der Waals surface area (Å²) in [6, 6.07) is 14.4. The lowest BCUT2D eigenvalue weighted by Crippen LogP contribution is -2.30. The lowest BCUT2D eigenvalue weighted by Gasteiger charge is -2.17. The van der Waals surface area contributed by atoms with E-state index >= 15 is 0 Å². The number of nitrogens with one attached hydrogen (secondary N) is 1. The molecule has 0 saturated heterocycles. The molecule has 0 radical (unpaired) electrons. The summed E-state index contributed by atoms with van der Waals surface area (Å²) in [6.45, 7) is 4.34. The fourth-order valence-electron chi connectivity index (χ4n) is 2.60. The average molecular weight is 385 g/mol. The van der Waals surface area contributed by atoms with Crippen molar-refractivity contribution in [2.24, 2.45) is 0 Å². The van der Waals surface area contributed by atoms with E-state index in [9.17, 15) is 4.79 Å². The second kappa shape index (κ2) is 8.73. The van der Waals surface area contributed by atoms with Crippen LogP contribution in [0.2, 0.25) is 5.02 Å². The number of pyridine rings is 1. The molecule has 0 aliphatic rings. The molecule has 0 fully saturated rings. The molecule has 1 aromatic heterocycles. The summed E-state index contributed by atoms with van der Waals surface area (Å²) in [5.41, 5.74) is 1.37. The fraction of sp³-hybridized carbons (Fsp3) is 0.238. The molecule has 2 aromatic carbocycles. The number of nitrogens with zero attached hydrogens (tertiary/aromatic N) is 1. The van der Waals surface area contributed by atoms with Gasteiger partial charge in [-0.05, 0) is 49.7 Å². The van der Waals surface area contributed by atoms with Gasteiger partial charge in [-0.3, -0.25) is 9.78 Å². The summed E-state index contributed by atoms with van der Waals surface area (Å²) < 4.78 is 11.4. The third kappa shape index (κ3) is 4.49. The van der Waals surface area contributed by atoms with Crippen molar-refractivity contribution in [3.63, 3.8) is 0 Å². The first kappa shape index (κ1) is 19.0. The largest absolute Gasteiger partial charge is 0.491 e. The molecule has 0 spiro atoms. The Hall–Kier alpha value is -2.79. The van der Waals surface area contributed by atoms with Crippen molar-refractivity contribution >= 4 is 34.1 Å². The van der Waals surface area contributed by atoms with E-state index < -0.39 is 6.10 Å². The van der Waals surface area contributed by atoms with E-state index in [1.54, 1.807) is 37.4 Å². The first-order valence-corrected chi connectivity index (χ1v) is 9.20. The lowest BCUT2D eigenvalue weighted by atomic mass is 10.1. The Bertz CT molecular complexity index is 946. The molecule has 5 nitrogen and oxygen atoms in total. The maximum Gasteiger partial charge on any atom is 0.265 e. The van der Waals surface area contributed by atoms with Gasteiger partial charge in [0.1, 0.15) is 17.0 Å². The van der Waals surface area contributed by atoms with Crippen LogP contribution in [0.3, 0.4) is 0 Å². The van der Waals surface area contributed by atoms with Crippen molar-refractivity contribution in [1.82, 2.24) is 4.98 Å². The fourth-order valence-corrected chi connectivity index (χ4v) is 2.78. The second-order valence-electron chi connectivity index (χ2n) is 6.04. The standard InChI is InChI=1S/C21H21ClN2O3/c1-3-13-26-19-11-10-17(15-7-6-12-23-20(15)19)24-21(25)14(2)27-18-9-5-4-8-16(18)22/h4-12,14H,3,13H2,1-2H3,(H,24,25). The molecular weight excluding hydrogens is 364 g/mol. The Labute approximate surface area is 163 Å². The highest BCUT2D eigenvalue weighted by Crippen LogP contribution is 2.30. The van der Waals surface area contributed by atoms with E-state index in [0.717, 1.165) is 11.8 Å². The molecule has 140 valence electrons. The van der Waals surface area contributed by atoms with Crippen LogP contribution in [-0.2, 0) is 4.79 Å². The van der Waals surface area contributed by atoms with Gasteiger partial charge in [0.15, 0.2) is 6.10 Å². The number of hydrogen-bond acceptors (Lipinski definition) is 4. The summed E-state index contributed by atoms with van der Waals surface area (Å²) >= 11 is 6.09. The van der Waals surface area contributed by atoms with Gasteiger partial charge in [0.05, 0.1) is 17.3 Å². The quantitative estimate of drug-likeness (QED) is 0.616. The molecule has 1 atom stereocenters. The maximum atomic E-state index is 12.6. The van der Waals surface area contributed by atoms with Crippen molar-refractivity contribution in [2.45, 2.75) is 26.4 Å². The van der Waals surface area contributed by atoms with Gasteiger partial charge in [0.25, 0.3) is 5.91 Å². The number of para-hydroxylation sites is 1. The van der Waals surface area contributed by atoms with E-state index in [4.69, 9.17) is 21.1 Å². The summed E-state index contributed by atoms with van der Waals surface area (Å²) in [7, 11) is 0. The van der Waals surface area contributed by atoms with Crippen molar-refractivity contribution in [3.05, 3.63) is 59.8 Å². The van der Waals surface area contributed by atoms with Crippen LogP contribution in [0.1, 0.15) is 20.3 Å². The first-order chi connectivity index (χ1) is 13.1. The molecule has 3 rings (SSSR count). The van der Waals surface area contributed by atoms with Gasteiger partial charge in [-0.15, -0.1) is 0 Å². The molecular formula is C21H21ClN2O3. The topological polar surface area (TPSA) is 60.5 Å². The predicted octanol–water partition coefficient (Wildman–Crippen LogP) is 5.08. The predicted molar refractivity (Wildman–Crippen MR) is 108 cm³/mol. The normalized spacial score (nSPS) is 11.8. The summed E-state index contributed by atoms with van der Waals surface area (Å²) in [4.78, 5) is 17.0. The van der Waals surface area contributed by atoms with Crippen molar-refractivity contribution in [3.8, 4) is 11.5 Å². The number of anilines is 1. The summed E-state index contributed by atoms with van der Waals surface area (Å²) in [5, 5.41) is 4.18. The van der Waals surface area contributed by atoms with E-state index in [2.05, 4.69) is 10.3 Å². The number of benzene rings is 2. The minimum absolute atomic E-state index is 0.276. The molecule has 1 unspecified atom stereocenters. The average Bonchev–Trinajstić information content (AvgIpc) is 2.69. The highest BCUT2D eigenvalue weighted by atomic mass is 35.5. The van der Waals surface area contributed by atoms with Crippen LogP contribution in [0.5, 0.6) is 11.5 Å². The molecule has 1 N–H and O–H groups in total. The zero-order valence-corrected chi connectivity index (χ0v) is 16.0. The van der Waals surface area contributed by atoms with Crippen molar-refractivity contribution in [2.75, 3.05) is 11.9 Å². The number of amides is 1. The van der Waals surface area contributed by atoms with Gasteiger partial charge < -0.3 is 14.8 Å². The zero-order chi connectivity index (χ0) is 19.2. The van der Waals surface area contributed by atoms with Crippen LogP contribution in [0.25, 0.3) is 10.9 Å². The highest BCUT2D eigenvalue weighted by molar-refractivity contribution is 6.32. The molecule has 0 aliphatic carbocycles. The van der Waals surface area contributed by atoms with Gasteiger partial charge in [-0.2, -0.15) is 0 Å². The number of carbonyl (C=O) groups is 1. The Morgan fingerprint density at radius 3 is 2.74 bits per heavy atom. The van der Waals surface area contributed by atoms with E-state index in [1.807, 2.05) is 31.2 Å². The number of ether oxygens (including phenoxy) is 2. The van der Waals surface area contributed by atoms with Gasteiger partial charge in [0, 0.05) is 11.6 Å². The van der Waals surface area contributed by atoms with Gasteiger partial charge in [-0.25, -0.2) is 0 Å². The SMILES string of the molecule is CCCOc1ccc(NC(=O)C(C)Oc2ccccc2Cl)c2cccnc12. The monoisotopic (exact) mass is 384 g/mol. The number of halogens is 1. The van der Waals surface area contributed by atoms with Crippen LogP contribution in [-0.4, -0.2) is 23.6 Å². The third-order valence-electron chi connectivity index (χ3n) is 3.96. The van der Waals surface area contributed by atoms with E-state index in [1.165, 1.54) is 0 Å². The first-order valence-electron chi connectivity index (χ1n) is 8.82. The molecule has 1 heterocycles. The van der Waals surface area contributed by atoms with Crippen molar-refractivity contribution < 1.29 is 14.3 Å². The molecule has 0 bridgehead atoms. The smallest absolute Gasteiger partial charge is 0.265 e. The Morgan fingerprint density at radius 1 is 1.15 bits per heavy atom. The Balaban J connectivity index is 1.79. The minimum atomic E-state index is -0.715. The molecule has 6 heteroatoms. The summed E-state index contributed by atoms with van der Waals surface area (Å²) in [5.74, 6) is 0.893. The van der Waals surface area contributed by atoms with Gasteiger partial charge in [-0.1, -0.05) is 30.7 Å². The van der Waals surface area contributed by atoms with Crippen LogP contribution in [0, 0.1) is 0 Å². The van der Waals surface area contributed by atoms with E-state index in [0.29, 0.717) is 34.3 Å². The molecule has 0 saturated carbocycles. The Morgan fingerprint density at radius 2 is 1.96 bits per heavy atom. The zero-order valence-electron chi connectivity index (χ0n) is 15.2. The van der Waals surface area contributed by atoms with Gasteiger partial charge in [0.2, 0.25) is 0 Å². The number of hydrogen-bond donors (Lipinski definition) is 1. The number of carbonyl (C=O) groups excluding carboxylic acids is 1. The highest BCUT2D eigenvalue weighted by Gasteiger charge is 2.18. The van der Waals surface area contributed by atoms with E-state index in [-0.39, 0.29) is 5.91 Å². The lowest BCUT2D eigenvalue weighted by molar-refractivity contribution is -0.122. The number of aromatic nitrogens is 1. The number of fused-ring (bicyclic) bond motifs is 1. The number of rotatable bonds is 7. The second-order valence-corrected chi connectivity index (χ2v) is 6.45. The van der Waals surface area contributed by atoms with Crippen LogP contribution < -0.4 is 14.8 Å². The van der Waals surface area contributed by atoms with Crippen LogP contribution in [0.4, 0.5) is 5.69 Å². The summed E-state index contributed by atoms with van der Waals surface area (Å²) in [6.07, 6.45) is 1.90. The van der Waals surface area contributed by atoms with Crippen molar-refractivity contribution in [1.29, 1.82) is 0 Å². The molecule has 3 aromatic rings. The van der Waals surface area contributed by atoms with Crippen LogP contribution in [0.15, 0.2) is 54.7 Å². The minimum Gasteiger partial charge on any atom is -0.491 e. The van der Waals surface area contributed by atoms with Crippen LogP contribution >= 0.6 is 11.6 Å². The molecule has 27 heavy (non-hydrogen) atoms. The third-order valence-corrected chi connectivity index (χ3v) is 4.27. The molecule has 1 amide bonds. The maximum absolute atomic E-state index is 12.6.